The number of aromatic carboxylic acids is 1. The van der Waals surface area contributed by atoms with Crippen molar-refractivity contribution in [3.05, 3.63) is 47.0 Å². The fourth-order valence-corrected chi connectivity index (χ4v) is 4.32. The Balaban J connectivity index is 2.29. The summed E-state index contributed by atoms with van der Waals surface area (Å²) in [6.07, 6.45) is 0. The molecule has 0 aliphatic rings. The predicted molar refractivity (Wildman–Crippen MR) is 113 cm³/mol. The topological polar surface area (TPSA) is 82.4 Å². The Labute approximate surface area is 167 Å². The molecular weight excluding hydrogens is 378 g/mol. The molecule has 7 nitrogen and oxygen atoms in total. The molecule has 0 saturated carbocycles. The van der Waals surface area contributed by atoms with Gasteiger partial charge in [-0.3, -0.25) is 4.99 Å². The molecule has 2 aromatic carbocycles. The van der Waals surface area contributed by atoms with Crippen molar-refractivity contribution in [2.75, 3.05) is 32.8 Å². The van der Waals surface area contributed by atoms with Gasteiger partial charge in [-0.25, -0.2) is 13.3 Å². The van der Waals surface area contributed by atoms with Crippen molar-refractivity contribution in [1.82, 2.24) is 4.31 Å². The lowest BCUT2D eigenvalue weighted by atomic mass is 10.1. The molecule has 0 radical (unpaired) electrons. The molecule has 0 saturated heterocycles. The Hall–Kier alpha value is -2.71. The molecule has 0 aliphatic carbocycles. The molecule has 1 N–H and O–H groups in total. The largest absolute Gasteiger partial charge is 0.497 e. The summed E-state index contributed by atoms with van der Waals surface area (Å²) in [4.78, 5) is 17.8. The fourth-order valence-electron chi connectivity index (χ4n) is 3.07. The van der Waals surface area contributed by atoms with Crippen molar-refractivity contribution in [3.63, 3.8) is 0 Å². The smallest absolute Gasteiger partial charge is 0.337 e. The number of nitrogens with zero attached hydrogens (tertiary/aromatic N) is 3. The highest BCUT2D eigenvalue weighted by molar-refractivity contribution is 7.82. The maximum Gasteiger partial charge on any atom is 0.337 e. The number of hydrogen-bond acceptors (Lipinski definition) is 5. The Morgan fingerprint density at radius 3 is 2.36 bits per heavy atom. The lowest BCUT2D eigenvalue weighted by Gasteiger charge is -2.27. The van der Waals surface area contributed by atoms with E-state index >= 15 is 0 Å². The van der Waals surface area contributed by atoms with Crippen LogP contribution in [0.25, 0.3) is 0 Å². The SMILES string of the molecule is C=Nc1c(C(=O)O)cccc1N(C)CN(C)S(=O)c1c(C)cc(OC)cc1C. The summed E-state index contributed by atoms with van der Waals surface area (Å²) in [5.41, 5.74) is 2.72. The highest BCUT2D eigenvalue weighted by Crippen LogP contribution is 2.32. The van der Waals surface area contributed by atoms with Crippen LogP contribution in [0.3, 0.4) is 0 Å². The number of para-hydroxylation sites is 1. The summed E-state index contributed by atoms with van der Waals surface area (Å²) in [6.45, 7) is 7.59. The van der Waals surface area contributed by atoms with Gasteiger partial charge in [0.2, 0.25) is 0 Å². The van der Waals surface area contributed by atoms with E-state index in [1.165, 1.54) is 6.07 Å². The maximum atomic E-state index is 13.1. The van der Waals surface area contributed by atoms with Crippen molar-refractivity contribution in [2.45, 2.75) is 18.7 Å². The number of carbonyl (C=O) groups is 1. The van der Waals surface area contributed by atoms with E-state index < -0.39 is 17.0 Å². The van der Waals surface area contributed by atoms with Crippen LogP contribution in [0.2, 0.25) is 0 Å². The van der Waals surface area contributed by atoms with Gasteiger partial charge in [0.15, 0.2) is 0 Å². The molecule has 0 aliphatic heterocycles. The number of aliphatic imine (C=N–C) groups is 1. The number of carboxylic acids is 1. The summed E-state index contributed by atoms with van der Waals surface area (Å²) in [6, 6.07) is 8.60. The fraction of sp³-hybridized carbons (Fsp3) is 0.300. The van der Waals surface area contributed by atoms with Gasteiger partial charge < -0.3 is 14.7 Å². The first kappa shape index (κ1) is 21.6. The van der Waals surface area contributed by atoms with Gasteiger partial charge >= 0.3 is 5.97 Å². The van der Waals surface area contributed by atoms with Crippen LogP contribution in [0.1, 0.15) is 21.5 Å². The van der Waals surface area contributed by atoms with Crippen molar-refractivity contribution >= 4 is 35.0 Å². The summed E-state index contributed by atoms with van der Waals surface area (Å²) in [7, 11) is 3.73. The second-order valence-electron chi connectivity index (χ2n) is 6.44. The Morgan fingerprint density at radius 1 is 1.25 bits per heavy atom. The van der Waals surface area contributed by atoms with Gasteiger partial charge in [-0.15, -0.1) is 0 Å². The minimum Gasteiger partial charge on any atom is -0.497 e. The van der Waals surface area contributed by atoms with E-state index in [2.05, 4.69) is 11.7 Å². The van der Waals surface area contributed by atoms with E-state index in [0.717, 1.165) is 21.8 Å². The van der Waals surface area contributed by atoms with Crippen molar-refractivity contribution in [2.24, 2.45) is 4.99 Å². The molecule has 0 fully saturated rings. The van der Waals surface area contributed by atoms with E-state index in [1.807, 2.05) is 26.0 Å². The van der Waals surface area contributed by atoms with Gasteiger partial charge in [-0.05, 0) is 56.0 Å². The highest BCUT2D eigenvalue weighted by atomic mass is 32.2. The third kappa shape index (κ3) is 4.40. The molecule has 0 bridgehead atoms. The van der Waals surface area contributed by atoms with Crippen LogP contribution >= 0.6 is 0 Å². The average molecular weight is 404 g/mol. The summed E-state index contributed by atoms with van der Waals surface area (Å²) in [5.74, 6) is -0.346. The number of rotatable bonds is 8. The molecule has 0 spiro atoms. The Kier molecular flexibility index (Phi) is 6.93. The molecule has 0 heterocycles. The first-order chi connectivity index (χ1) is 13.2. The van der Waals surface area contributed by atoms with E-state index in [1.54, 1.807) is 42.5 Å². The zero-order valence-electron chi connectivity index (χ0n) is 16.7. The zero-order chi connectivity index (χ0) is 21.0. The minimum absolute atomic E-state index is 0.0740. The van der Waals surface area contributed by atoms with Crippen molar-refractivity contribution in [3.8, 4) is 5.75 Å². The molecular formula is C20H25N3O4S. The second kappa shape index (κ2) is 8.99. The lowest BCUT2D eigenvalue weighted by Crippen LogP contribution is -2.34. The molecule has 28 heavy (non-hydrogen) atoms. The Morgan fingerprint density at radius 2 is 1.86 bits per heavy atom. The Bertz CT molecular complexity index is 907. The van der Waals surface area contributed by atoms with Crippen molar-refractivity contribution in [1.29, 1.82) is 0 Å². The standard InChI is InChI=1S/C20H25N3O4S/c1-13-10-15(27-6)11-14(2)19(13)28(26)23(5)12-22(4)17-9-7-8-16(20(24)25)18(17)21-3/h7-11H,3,12H2,1-2,4-6H3,(H,24,25). The average Bonchev–Trinajstić information content (AvgIpc) is 2.66. The van der Waals surface area contributed by atoms with Gasteiger partial charge in [0, 0.05) is 14.1 Å². The number of ether oxygens (including phenoxy) is 1. The van der Waals surface area contributed by atoms with Gasteiger partial charge in [0.25, 0.3) is 0 Å². The number of aryl methyl sites for hydroxylation is 2. The van der Waals surface area contributed by atoms with E-state index in [4.69, 9.17) is 4.74 Å². The number of benzene rings is 2. The molecule has 8 heteroatoms. The van der Waals surface area contributed by atoms with Crippen LogP contribution < -0.4 is 9.64 Å². The molecule has 1 unspecified atom stereocenters. The van der Waals surface area contributed by atoms with Crippen LogP contribution in [-0.4, -0.2) is 54.2 Å². The van der Waals surface area contributed by atoms with Crippen LogP contribution in [0.15, 0.2) is 40.2 Å². The van der Waals surface area contributed by atoms with Crippen LogP contribution in [0.5, 0.6) is 5.75 Å². The minimum atomic E-state index is -1.41. The zero-order valence-corrected chi connectivity index (χ0v) is 17.5. The third-order valence-electron chi connectivity index (χ3n) is 4.35. The summed E-state index contributed by atoms with van der Waals surface area (Å²) >= 11 is 0. The van der Waals surface area contributed by atoms with Crippen LogP contribution in [0.4, 0.5) is 11.4 Å². The number of hydrogen-bond donors (Lipinski definition) is 1. The van der Waals surface area contributed by atoms with E-state index in [-0.39, 0.29) is 11.3 Å². The molecule has 150 valence electrons. The molecule has 2 rings (SSSR count). The van der Waals surface area contributed by atoms with Crippen molar-refractivity contribution < 1.29 is 18.8 Å². The van der Waals surface area contributed by atoms with Crippen LogP contribution in [-0.2, 0) is 11.0 Å². The van der Waals surface area contributed by atoms with Crippen LogP contribution in [0, 0.1) is 13.8 Å². The summed E-state index contributed by atoms with van der Waals surface area (Å²) < 4.78 is 20.1. The number of methoxy groups -OCH3 is 1. The monoisotopic (exact) mass is 403 g/mol. The predicted octanol–water partition coefficient (Wildman–Crippen LogP) is 3.39. The molecule has 1 atom stereocenters. The normalized spacial score (nSPS) is 11.9. The first-order valence-electron chi connectivity index (χ1n) is 8.53. The molecule has 0 aromatic heterocycles. The quantitative estimate of drug-likeness (QED) is 0.540. The molecule has 0 amide bonds. The second-order valence-corrected chi connectivity index (χ2v) is 7.97. The van der Waals surface area contributed by atoms with Gasteiger partial charge in [0.1, 0.15) is 22.4 Å². The maximum absolute atomic E-state index is 13.1. The number of carboxylic acid groups (broad SMARTS) is 1. The summed E-state index contributed by atoms with van der Waals surface area (Å²) in [5, 5.41) is 9.35. The van der Waals surface area contributed by atoms with E-state index in [9.17, 15) is 14.1 Å². The molecule has 2 aromatic rings. The van der Waals surface area contributed by atoms with Gasteiger partial charge in [-0.2, -0.15) is 0 Å². The third-order valence-corrected chi connectivity index (χ3v) is 6.03. The number of anilines is 1. The van der Waals surface area contributed by atoms with Gasteiger partial charge in [0.05, 0.1) is 29.9 Å². The lowest BCUT2D eigenvalue weighted by molar-refractivity contribution is 0.0698. The van der Waals surface area contributed by atoms with E-state index in [0.29, 0.717) is 12.4 Å². The highest BCUT2D eigenvalue weighted by Gasteiger charge is 2.20. The van der Waals surface area contributed by atoms with Gasteiger partial charge in [-0.1, -0.05) is 6.07 Å². The first-order valence-corrected chi connectivity index (χ1v) is 9.64.